The number of hydrogen-bond acceptors (Lipinski definition) is 6. The maximum absolute atomic E-state index is 14.0. The number of ketones is 1. The summed E-state index contributed by atoms with van der Waals surface area (Å²) in [5.74, 6) is 0.242. The fourth-order valence-corrected chi connectivity index (χ4v) is 4.69. The molecule has 2 aromatic rings. The summed E-state index contributed by atoms with van der Waals surface area (Å²) < 4.78 is 32.0. The quantitative estimate of drug-likeness (QED) is 0.558. The summed E-state index contributed by atoms with van der Waals surface area (Å²) in [6.45, 7) is 2.20. The molecule has 0 fully saturated rings. The number of carbonyl (C=O) groups excluding carboxylic acids is 1. The topological polar surface area (TPSA) is 94.6 Å². The maximum Gasteiger partial charge on any atom is 0.205 e. The summed E-state index contributed by atoms with van der Waals surface area (Å²) in [4.78, 5) is 12.8. The standard InChI is InChI=1S/C25H22BrFN2O4/c1-2-31-21-11-15(10-17(26)24(21)32-13-14-6-3-4-7-18(14)27)22-16(12-28)25(29)33-20-9-5-8-19(30)23(20)22/h3-4,6-7,10-11,22H,2,5,8-9,13,29H2,1H3/t22-/m0/s1. The number of nitrogens with two attached hydrogens (primary N) is 1. The predicted octanol–water partition coefficient (Wildman–Crippen LogP) is 5.38. The van der Waals surface area contributed by atoms with Crippen LogP contribution in [0.15, 0.2) is 63.7 Å². The highest BCUT2D eigenvalue weighted by atomic mass is 79.9. The number of hydrogen-bond donors (Lipinski definition) is 1. The molecule has 0 aromatic heterocycles. The van der Waals surface area contributed by atoms with Crippen LogP contribution in [-0.2, 0) is 16.1 Å². The first-order chi connectivity index (χ1) is 15.9. The largest absolute Gasteiger partial charge is 0.490 e. The monoisotopic (exact) mass is 512 g/mol. The fourth-order valence-electron chi connectivity index (χ4n) is 4.11. The minimum Gasteiger partial charge on any atom is -0.490 e. The molecule has 2 aliphatic rings. The average Bonchev–Trinajstić information content (AvgIpc) is 2.79. The Labute approximate surface area is 199 Å². The van der Waals surface area contributed by atoms with E-state index in [-0.39, 0.29) is 29.7 Å². The van der Waals surface area contributed by atoms with Crippen molar-refractivity contribution >= 4 is 21.7 Å². The Kier molecular flexibility index (Phi) is 6.70. The summed E-state index contributed by atoms with van der Waals surface area (Å²) in [6, 6.07) is 12.0. The molecule has 1 heterocycles. The van der Waals surface area contributed by atoms with Crippen LogP contribution in [0.1, 0.15) is 43.2 Å². The van der Waals surface area contributed by atoms with Gasteiger partial charge >= 0.3 is 0 Å². The third-order valence-electron chi connectivity index (χ3n) is 5.60. The lowest BCUT2D eigenvalue weighted by Crippen LogP contribution is -2.27. The number of benzene rings is 2. The van der Waals surface area contributed by atoms with Gasteiger partial charge in [0.1, 0.15) is 29.8 Å². The Morgan fingerprint density at radius 2 is 2.06 bits per heavy atom. The Morgan fingerprint density at radius 1 is 1.27 bits per heavy atom. The average molecular weight is 513 g/mol. The lowest BCUT2D eigenvalue weighted by Gasteiger charge is -2.31. The van der Waals surface area contributed by atoms with E-state index in [0.717, 1.165) is 0 Å². The minimum atomic E-state index is -0.664. The zero-order valence-corrected chi connectivity index (χ0v) is 19.6. The van der Waals surface area contributed by atoms with Crippen LogP contribution in [0, 0.1) is 17.1 Å². The van der Waals surface area contributed by atoms with Crippen LogP contribution in [0.5, 0.6) is 11.5 Å². The van der Waals surface area contributed by atoms with E-state index in [4.69, 9.17) is 19.9 Å². The number of ether oxygens (including phenoxy) is 3. The van der Waals surface area contributed by atoms with Crippen LogP contribution >= 0.6 is 15.9 Å². The van der Waals surface area contributed by atoms with Crippen molar-refractivity contribution in [3.63, 3.8) is 0 Å². The Morgan fingerprint density at radius 3 is 2.79 bits per heavy atom. The van der Waals surface area contributed by atoms with Crippen LogP contribution in [0.25, 0.3) is 0 Å². The van der Waals surface area contributed by atoms with Gasteiger partial charge in [0.2, 0.25) is 5.88 Å². The smallest absolute Gasteiger partial charge is 0.205 e. The zero-order valence-electron chi connectivity index (χ0n) is 18.0. The van der Waals surface area contributed by atoms with Gasteiger partial charge < -0.3 is 19.9 Å². The van der Waals surface area contributed by atoms with Gasteiger partial charge in [0, 0.05) is 24.0 Å². The highest BCUT2D eigenvalue weighted by Gasteiger charge is 2.38. The van der Waals surface area contributed by atoms with Crippen LogP contribution in [0.2, 0.25) is 0 Å². The highest BCUT2D eigenvalue weighted by molar-refractivity contribution is 9.10. The van der Waals surface area contributed by atoms with E-state index in [1.165, 1.54) is 6.07 Å². The van der Waals surface area contributed by atoms with Crippen LogP contribution in [0.3, 0.4) is 0 Å². The molecule has 4 rings (SSSR count). The molecule has 0 saturated heterocycles. The number of carbonyl (C=O) groups is 1. The zero-order chi connectivity index (χ0) is 23.5. The first kappa shape index (κ1) is 22.9. The molecule has 6 nitrogen and oxygen atoms in total. The normalized spacial score (nSPS) is 17.9. The molecule has 2 N–H and O–H groups in total. The van der Waals surface area contributed by atoms with Gasteiger partial charge in [-0.3, -0.25) is 4.79 Å². The molecule has 1 aliphatic carbocycles. The number of allylic oxidation sites excluding steroid dienone is 3. The molecule has 0 amide bonds. The van der Waals surface area contributed by atoms with Crippen molar-refractivity contribution in [3.05, 3.63) is 80.6 Å². The molecule has 0 spiro atoms. The van der Waals surface area contributed by atoms with Crippen molar-refractivity contribution in [2.45, 2.75) is 38.7 Å². The summed E-state index contributed by atoms with van der Waals surface area (Å²) >= 11 is 3.53. The number of rotatable bonds is 6. The van der Waals surface area contributed by atoms with Crippen molar-refractivity contribution in [2.75, 3.05) is 6.61 Å². The molecular weight excluding hydrogens is 491 g/mol. The summed E-state index contributed by atoms with van der Waals surface area (Å²) in [5.41, 5.74) is 7.74. The van der Waals surface area contributed by atoms with Gasteiger partial charge in [-0.2, -0.15) is 5.26 Å². The molecule has 8 heteroatoms. The molecule has 1 aliphatic heterocycles. The van der Waals surface area contributed by atoms with Crippen molar-refractivity contribution < 1.29 is 23.4 Å². The van der Waals surface area contributed by atoms with Crippen LogP contribution in [0.4, 0.5) is 4.39 Å². The van der Waals surface area contributed by atoms with Crippen molar-refractivity contribution in [3.8, 4) is 17.6 Å². The third-order valence-corrected chi connectivity index (χ3v) is 6.19. The molecular formula is C25H22BrFN2O4. The second-order valence-electron chi connectivity index (χ2n) is 7.68. The van der Waals surface area contributed by atoms with E-state index in [1.807, 2.05) is 6.92 Å². The van der Waals surface area contributed by atoms with Crippen molar-refractivity contribution in [1.82, 2.24) is 0 Å². The number of nitriles is 1. The van der Waals surface area contributed by atoms with Gasteiger partial charge in [-0.15, -0.1) is 0 Å². The lowest BCUT2D eigenvalue weighted by atomic mass is 9.77. The lowest BCUT2D eigenvalue weighted by molar-refractivity contribution is -0.116. The maximum atomic E-state index is 14.0. The van der Waals surface area contributed by atoms with Crippen molar-refractivity contribution in [1.29, 1.82) is 5.26 Å². The number of halogens is 2. The van der Waals surface area contributed by atoms with Gasteiger partial charge in [0.25, 0.3) is 0 Å². The minimum absolute atomic E-state index is 0.00455. The Bertz CT molecular complexity index is 1220. The summed E-state index contributed by atoms with van der Waals surface area (Å²) in [7, 11) is 0. The van der Waals surface area contributed by atoms with Gasteiger partial charge in [0.15, 0.2) is 17.3 Å². The molecule has 0 saturated carbocycles. The third kappa shape index (κ3) is 4.46. The summed E-state index contributed by atoms with van der Waals surface area (Å²) in [5, 5.41) is 9.80. The van der Waals surface area contributed by atoms with Gasteiger partial charge in [-0.1, -0.05) is 18.2 Å². The van der Waals surface area contributed by atoms with E-state index in [2.05, 4.69) is 22.0 Å². The molecule has 170 valence electrons. The molecule has 0 bridgehead atoms. The predicted molar refractivity (Wildman–Crippen MR) is 123 cm³/mol. The first-order valence-corrected chi connectivity index (χ1v) is 11.4. The highest BCUT2D eigenvalue weighted by Crippen LogP contribution is 2.47. The second-order valence-corrected chi connectivity index (χ2v) is 8.54. The Hall–Kier alpha value is -3.31. The van der Waals surface area contributed by atoms with Crippen LogP contribution < -0.4 is 15.2 Å². The van der Waals surface area contributed by atoms with E-state index >= 15 is 0 Å². The molecule has 2 aromatic carbocycles. The fraction of sp³-hybridized carbons (Fsp3) is 0.280. The number of Topliss-reactive ketones (excluding diaryl/α,β-unsaturated/α-hetero) is 1. The molecule has 0 radical (unpaired) electrons. The molecule has 1 atom stereocenters. The number of nitrogens with zero attached hydrogens (tertiary/aromatic N) is 1. The first-order valence-electron chi connectivity index (χ1n) is 10.6. The summed E-state index contributed by atoms with van der Waals surface area (Å²) in [6.07, 6.45) is 1.65. The van der Waals surface area contributed by atoms with Gasteiger partial charge in [-0.05, 0) is 53.0 Å². The van der Waals surface area contributed by atoms with Crippen LogP contribution in [-0.4, -0.2) is 12.4 Å². The van der Waals surface area contributed by atoms with Crippen molar-refractivity contribution in [2.24, 2.45) is 5.73 Å². The van der Waals surface area contributed by atoms with E-state index < -0.39 is 5.92 Å². The Balaban J connectivity index is 1.77. The van der Waals surface area contributed by atoms with E-state index in [1.54, 1.807) is 30.3 Å². The molecule has 33 heavy (non-hydrogen) atoms. The van der Waals surface area contributed by atoms with E-state index in [9.17, 15) is 14.4 Å². The van der Waals surface area contributed by atoms with Gasteiger partial charge in [-0.25, -0.2) is 4.39 Å². The second kappa shape index (κ2) is 9.67. The van der Waals surface area contributed by atoms with E-state index in [0.29, 0.717) is 64.3 Å². The van der Waals surface area contributed by atoms with Gasteiger partial charge in [0.05, 0.1) is 17.0 Å². The SMILES string of the molecule is CCOc1cc([C@H]2C(C#N)=C(N)OC3=C2C(=O)CCC3)cc(Br)c1OCc1ccccc1F. The molecule has 0 unspecified atom stereocenters.